The molecule has 0 radical (unpaired) electrons. The molecule has 4 rings (SSSR count). The zero-order valence-corrected chi connectivity index (χ0v) is 20.7. The number of hydrogen-bond acceptors (Lipinski definition) is 7. The fraction of sp³-hybridized carbons (Fsp3) is 0.0833. The van der Waals surface area contributed by atoms with E-state index in [1.165, 1.54) is 37.6 Å². The van der Waals surface area contributed by atoms with Crippen molar-refractivity contribution in [2.45, 2.75) is 6.61 Å². The standard InChI is InChI=1S/C24H16Cl3N3O6/c1-34-21-7-13(6-19(27)23(21)35-12-14-2-3-16(25)10-18(14)26)11-28-29-24(31)22-9-15-8-17(30(32)33)4-5-20(15)36-22/h2-11H,12H2,1H3,(H,29,31)/b28-11+. The minimum atomic E-state index is -0.636. The molecule has 0 aliphatic heterocycles. The molecule has 0 aliphatic carbocycles. The van der Waals surface area contributed by atoms with Crippen LogP contribution in [0.1, 0.15) is 21.7 Å². The summed E-state index contributed by atoms with van der Waals surface area (Å²) in [6.45, 7) is 0.135. The highest BCUT2D eigenvalue weighted by Gasteiger charge is 2.16. The highest BCUT2D eigenvalue weighted by Crippen LogP contribution is 2.37. The van der Waals surface area contributed by atoms with Gasteiger partial charge in [-0.25, -0.2) is 5.43 Å². The number of benzene rings is 3. The van der Waals surface area contributed by atoms with Crippen molar-refractivity contribution in [2.24, 2.45) is 5.10 Å². The topological polar surface area (TPSA) is 116 Å². The first-order valence-corrected chi connectivity index (χ1v) is 11.3. The Bertz CT molecular complexity index is 1500. The van der Waals surface area contributed by atoms with Gasteiger partial charge in [0.25, 0.3) is 5.69 Å². The van der Waals surface area contributed by atoms with E-state index in [0.29, 0.717) is 43.6 Å². The highest BCUT2D eigenvalue weighted by atomic mass is 35.5. The first-order chi connectivity index (χ1) is 17.2. The van der Waals surface area contributed by atoms with Gasteiger partial charge in [-0.2, -0.15) is 5.10 Å². The average Bonchev–Trinajstić information content (AvgIpc) is 3.27. The zero-order chi connectivity index (χ0) is 25.8. The first-order valence-electron chi connectivity index (χ1n) is 10.2. The number of nitrogens with zero attached hydrogens (tertiary/aromatic N) is 2. The molecule has 0 atom stereocenters. The van der Waals surface area contributed by atoms with E-state index in [4.69, 9.17) is 48.7 Å². The van der Waals surface area contributed by atoms with Crippen molar-refractivity contribution in [1.29, 1.82) is 0 Å². The Morgan fingerprint density at radius 2 is 1.92 bits per heavy atom. The van der Waals surface area contributed by atoms with Gasteiger partial charge in [-0.05, 0) is 42.0 Å². The lowest BCUT2D eigenvalue weighted by atomic mass is 10.2. The van der Waals surface area contributed by atoms with Gasteiger partial charge in [0, 0.05) is 33.1 Å². The largest absolute Gasteiger partial charge is 0.493 e. The molecule has 0 spiro atoms. The van der Waals surface area contributed by atoms with Crippen LogP contribution in [0, 0.1) is 10.1 Å². The molecule has 0 saturated carbocycles. The molecule has 3 aromatic carbocycles. The van der Waals surface area contributed by atoms with Crippen molar-refractivity contribution in [3.8, 4) is 11.5 Å². The molecule has 0 bridgehead atoms. The number of nitro benzene ring substituents is 1. The van der Waals surface area contributed by atoms with Crippen molar-refractivity contribution < 1.29 is 23.6 Å². The van der Waals surface area contributed by atoms with Crippen LogP contribution in [0.15, 0.2) is 64.1 Å². The molecule has 9 nitrogen and oxygen atoms in total. The molecular formula is C24H16Cl3N3O6. The number of hydrogen-bond donors (Lipinski definition) is 1. The Kier molecular flexibility index (Phi) is 7.64. The summed E-state index contributed by atoms with van der Waals surface area (Å²) < 4.78 is 16.6. The van der Waals surface area contributed by atoms with Crippen LogP contribution in [0.2, 0.25) is 15.1 Å². The van der Waals surface area contributed by atoms with E-state index in [0.717, 1.165) is 0 Å². The number of nitrogens with one attached hydrogen (secondary N) is 1. The second-order valence-electron chi connectivity index (χ2n) is 7.35. The minimum Gasteiger partial charge on any atom is -0.493 e. The number of nitro groups is 1. The maximum atomic E-state index is 12.4. The number of hydrazone groups is 1. The van der Waals surface area contributed by atoms with Gasteiger partial charge in [0.1, 0.15) is 12.2 Å². The third kappa shape index (κ3) is 5.71. The quantitative estimate of drug-likeness (QED) is 0.150. The summed E-state index contributed by atoms with van der Waals surface area (Å²) in [6.07, 6.45) is 1.36. The number of carbonyl (C=O) groups excluding carboxylic acids is 1. The molecule has 0 aliphatic rings. The molecule has 36 heavy (non-hydrogen) atoms. The molecule has 0 saturated heterocycles. The number of rotatable bonds is 8. The van der Waals surface area contributed by atoms with Crippen molar-refractivity contribution in [1.82, 2.24) is 5.43 Å². The van der Waals surface area contributed by atoms with Crippen LogP contribution in [0.5, 0.6) is 11.5 Å². The molecule has 1 N–H and O–H groups in total. The zero-order valence-electron chi connectivity index (χ0n) is 18.5. The minimum absolute atomic E-state index is 0.0529. The fourth-order valence-corrected chi connectivity index (χ4v) is 3.96. The molecule has 4 aromatic rings. The van der Waals surface area contributed by atoms with E-state index < -0.39 is 10.8 Å². The number of amides is 1. The van der Waals surface area contributed by atoms with Gasteiger partial charge >= 0.3 is 5.91 Å². The molecule has 0 unspecified atom stereocenters. The fourth-order valence-electron chi connectivity index (χ4n) is 3.22. The molecule has 184 valence electrons. The lowest BCUT2D eigenvalue weighted by Gasteiger charge is -2.14. The van der Waals surface area contributed by atoms with E-state index in [2.05, 4.69) is 10.5 Å². The Morgan fingerprint density at radius 1 is 1.11 bits per heavy atom. The number of ether oxygens (including phenoxy) is 2. The van der Waals surface area contributed by atoms with Gasteiger partial charge in [0.2, 0.25) is 0 Å². The Labute approximate surface area is 219 Å². The predicted molar refractivity (Wildman–Crippen MR) is 137 cm³/mol. The number of non-ortho nitro benzene ring substituents is 1. The third-order valence-corrected chi connectivity index (χ3v) is 5.82. The van der Waals surface area contributed by atoms with E-state index in [1.54, 1.807) is 30.3 Å². The lowest BCUT2D eigenvalue weighted by molar-refractivity contribution is -0.384. The summed E-state index contributed by atoms with van der Waals surface area (Å²) in [6, 6.07) is 13.7. The van der Waals surface area contributed by atoms with Crippen LogP contribution in [-0.2, 0) is 6.61 Å². The molecular weight excluding hydrogens is 533 g/mol. The number of fused-ring (bicyclic) bond motifs is 1. The molecule has 0 fully saturated rings. The third-order valence-electron chi connectivity index (χ3n) is 4.95. The van der Waals surface area contributed by atoms with Crippen LogP contribution in [-0.4, -0.2) is 24.2 Å². The summed E-state index contributed by atoms with van der Waals surface area (Å²) in [5.74, 6) is -0.0344. The van der Waals surface area contributed by atoms with Gasteiger partial charge in [0.05, 0.1) is 23.3 Å². The number of carbonyl (C=O) groups is 1. The first kappa shape index (κ1) is 25.3. The van der Waals surface area contributed by atoms with Crippen LogP contribution < -0.4 is 14.9 Å². The molecule has 1 aromatic heterocycles. The van der Waals surface area contributed by atoms with Crippen LogP contribution in [0.25, 0.3) is 11.0 Å². The van der Waals surface area contributed by atoms with E-state index >= 15 is 0 Å². The van der Waals surface area contributed by atoms with Gasteiger partial charge in [-0.15, -0.1) is 0 Å². The predicted octanol–water partition coefficient (Wildman–Crippen LogP) is 6.65. The van der Waals surface area contributed by atoms with Crippen molar-refractivity contribution in [3.63, 3.8) is 0 Å². The van der Waals surface area contributed by atoms with Crippen LogP contribution >= 0.6 is 34.8 Å². The molecule has 1 heterocycles. The SMILES string of the molecule is COc1cc(/C=N/NC(=O)c2cc3cc([N+](=O)[O-])ccc3o2)cc(Cl)c1OCc1ccc(Cl)cc1Cl. The Morgan fingerprint density at radius 3 is 2.64 bits per heavy atom. The smallest absolute Gasteiger partial charge is 0.307 e. The van der Waals surface area contributed by atoms with Crippen LogP contribution in [0.4, 0.5) is 5.69 Å². The van der Waals surface area contributed by atoms with Gasteiger partial charge in [-0.1, -0.05) is 40.9 Å². The van der Waals surface area contributed by atoms with Crippen molar-refractivity contribution in [2.75, 3.05) is 7.11 Å². The van der Waals surface area contributed by atoms with E-state index in [-0.39, 0.29) is 23.1 Å². The van der Waals surface area contributed by atoms with Gasteiger partial charge in [0.15, 0.2) is 17.3 Å². The Hall–Kier alpha value is -3.79. The van der Waals surface area contributed by atoms with E-state index in [1.807, 2.05) is 0 Å². The highest BCUT2D eigenvalue weighted by molar-refractivity contribution is 6.35. The second-order valence-corrected chi connectivity index (χ2v) is 8.60. The second kappa shape index (κ2) is 10.9. The summed E-state index contributed by atoms with van der Waals surface area (Å²) in [5.41, 5.74) is 3.80. The summed E-state index contributed by atoms with van der Waals surface area (Å²) in [7, 11) is 1.46. The van der Waals surface area contributed by atoms with Gasteiger partial charge in [-0.3, -0.25) is 14.9 Å². The van der Waals surface area contributed by atoms with E-state index in [9.17, 15) is 14.9 Å². The number of furan rings is 1. The maximum absolute atomic E-state index is 12.4. The average molecular weight is 549 g/mol. The van der Waals surface area contributed by atoms with Crippen molar-refractivity contribution in [3.05, 3.63) is 96.7 Å². The summed E-state index contributed by atoms with van der Waals surface area (Å²) in [4.78, 5) is 22.8. The Balaban J connectivity index is 1.45. The lowest BCUT2D eigenvalue weighted by Crippen LogP contribution is -2.16. The van der Waals surface area contributed by atoms with Crippen LogP contribution in [0.3, 0.4) is 0 Å². The molecule has 1 amide bonds. The number of methoxy groups -OCH3 is 1. The van der Waals surface area contributed by atoms with Gasteiger partial charge < -0.3 is 13.9 Å². The summed E-state index contributed by atoms with van der Waals surface area (Å²) >= 11 is 18.5. The monoisotopic (exact) mass is 547 g/mol. The summed E-state index contributed by atoms with van der Waals surface area (Å²) in [5, 5.41) is 16.5. The van der Waals surface area contributed by atoms with Crippen molar-refractivity contribution >= 4 is 63.6 Å². The maximum Gasteiger partial charge on any atom is 0.307 e. The normalized spacial score (nSPS) is 11.1. The number of halogens is 3. The molecule has 12 heteroatoms.